The van der Waals surface area contributed by atoms with Crippen LogP contribution in [0.4, 0.5) is 0 Å². The molecule has 1 aromatic rings. The van der Waals surface area contributed by atoms with E-state index in [9.17, 15) is 4.79 Å². The Morgan fingerprint density at radius 3 is 2.56 bits per heavy atom. The number of thiazole rings is 1. The summed E-state index contributed by atoms with van der Waals surface area (Å²) in [5.74, 6) is 0.0314. The lowest BCUT2D eigenvalue weighted by Gasteiger charge is -2.15. The molecule has 0 aliphatic heterocycles. The summed E-state index contributed by atoms with van der Waals surface area (Å²) >= 11 is 1.57. The van der Waals surface area contributed by atoms with Crippen LogP contribution < -0.4 is 11.1 Å². The molecule has 0 fully saturated rings. The molecule has 4 nitrogen and oxygen atoms in total. The Morgan fingerprint density at radius 2 is 2.11 bits per heavy atom. The number of amides is 1. The number of aromatic nitrogens is 1. The van der Waals surface area contributed by atoms with Crippen LogP contribution in [-0.4, -0.2) is 16.9 Å². The van der Waals surface area contributed by atoms with Gasteiger partial charge in [0.25, 0.3) is 0 Å². The summed E-state index contributed by atoms with van der Waals surface area (Å²) in [5.41, 5.74) is 6.88. The minimum atomic E-state index is -0.452. The third-order valence-corrected chi connectivity index (χ3v) is 3.60. The Morgan fingerprint density at radius 1 is 1.50 bits per heavy atom. The fraction of sp³-hybridized carbons (Fsp3) is 0.692. The van der Waals surface area contributed by atoms with Crippen molar-refractivity contribution in [2.24, 2.45) is 11.7 Å². The largest absolute Gasteiger partial charge is 0.348 e. The van der Waals surface area contributed by atoms with E-state index in [0.29, 0.717) is 6.54 Å². The molecular weight excluding hydrogens is 246 g/mol. The maximum Gasteiger partial charge on any atom is 0.237 e. The number of carbonyl (C=O) groups excluding carboxylic acids is 1. The van der Waals surface area contributed by atoms with Crippen molar-refractivity contribution in [1.82, 2.24) is 10.3 Å². The molecule has 5 heteroatoms. The van der Waals surface area contributed by atoms with E-state index in [0.717, 1.165) is 10.7 Å². The van der Waals surface area contributed by atoms with Gasteiger partial charge in [-0.25, -0.2) is 4.98 Å². The Kier molecular flexibility index (Phi) is 4.87. The monoisotopic (exact) mass is 269 g/mol. The molecular formula is C13H23N3OS. The first-order valence-electron chi connectivity index (χ1n) is 6.20. The minimum absolute atomic E-state index is 0.0487. The molecule has 1 rings (SSSR count). The number of rotatable bonds is 4. The molecule has 0 bridgehead atoms. The lowest BCUT2D eigenvalue weighted by atomic mass is 9.93. The molecule has 102 valence electrons. The zero-order valence-corrected chi connectivity index (χ0v) is 12.6. The highest BCUT2D eigenvalue weighted by molar-refractivity contribution is 7.09. The van der Waals surface area contributed by atoms with Crippen molar-refractivity contribution in [3.05, 3.63) is 16.1 Å². The third kappa shape index (κ3) is 4.07. The standard InChI is InChI=1S/C13H23N3OS/c1-8(2)11(14)12(17)15-6-10-16-9(7-18-10)13(3,4)5/h7-8,11H,6,14H2,1-5H3,(H,15,17)/t11-/m0/s1. The van der Waals surface area contributed by atoms with Gasteiger partial charge in [0.05, 0.1) is 18.3 Å². The van der Waals surface area contributed by atoms with E-state index >= 15 is 0 Å². The number of hydrogen-bond acceptors (Lipinski definition) is 4. The average Bonchev–Trinajstić information content (AvgIpc) is 2.72. The number of nitrogens with zero attached hydrogens (tertiary/aromatic N) is 1. The topological polar surface area (TPSA) is 68.0 Å². The van der Waals surface area contributed by atoms with Gasteiger partial charge in [0.2, 0.25) is 5.91 Å². The third-order valence-electron chi connectivity index (χ3n) is 2.75. The molecule has 18 heavy (non-hydrogen) atoms. The van der Waals surface area contributed by atoms with E-state index in [1.54, 1.807) is 11.3 Å². The predicted molar refractivity (Wildman–Crippen MR) is 75.5 cm³/mol. The number of hydrogen-bond donors (Lipinski definition) is 2. The molecule has 1 aromatic heterocycles. The Balaban J connectivity index is 2.55. The zero-order chi connectivity index (χ0) is 13.9. The molecule has 1 amide bonds. The lowest BCUT2D eigenvalue weighted by Crippen LogP contribution is -2.43. The van der Waals surface area contributed by atoms with Crippen molar-refractivity contribution < 1.29 is 4.79 Å². The van der Waals surface area contributed by atoms with Crippen molar-refractivity contribution in [1.29, 1.82) is 0 Å². The van der Waals surface area contributed by atoms with Gasteiger partial charge >= 0.3 is 0 Å². The van der Waals surface area contributed by atoms with Gasteiger partial charge in [-0.05, 0) is 5.92 Å². The first kappa shape index (κ1) is 15.1. The fourth-order valence-electron chi connectivity index (χ4n) is 1.32. The molecule has 0 radical (unpaired) electrons. The Hall–Kier alpha value is -0.940. The first-order chi connectivity index (χ1) is 8.21. The van der Waals surface area contributed by atoms with Crippen LogP contribution in [0.1, 0.15) is 45.3 Å². The summed E-state index contributed by atoms with van der Waals surface area (Å²) in [7, 11) is 0. The summed E-state index contributed by atoms with van der Waals surface area (Å²) in [6.45, 7) is 10.7. The van der Waals surface area contributed by atoms with E-state index in [4.69, 9.17) is 5.73 Å². The average molecular weight is 269 g/mol. The van der Waals surface area contributed by atoms with E-state index in [1.807, 2.05) is 19.2 Å². The number of nitrogens with one attached hydrogen (secondary N) is 1. The van der Waals surface area contributed by atoms with Crippen LogP contribution in [0.5, 0.6) is 0 Å². The molecule has 0 aliphatic rings. The molecule has 3 N–H and O–H groups in total. The second-order valence-corrected chi connectivity index (χ2v) is 6.81. The summed E-state index contributed by atoms with van der Waals surface area (Å²) in [6, 6.07) is -0.452. The van der Waals surface area contributed by atoms with Crippen LogP contribution in [0.15, 0.2) is 5.38 Å². The Bertz CT molecular complexity index is 407. The van der Waals surface area contributed by atoms with Crippen molar-refractivity contribution in [3.63, 3.8) is 0 Å². The summed E-state index contributed by atoms with van der Waals surface area (Å²) in [5, 5.41) is 5.79. The second-order valence-electron chi connectivity index (χ2n) is 5.86. The molecule has 0 unspecified atom stereocenters. The second kappa shape index (κ2) is 5.80. The van der Waals surface area contributed by atoms with Gasteiger partial charge in [-0.2, -0.15) is 0 Å². The summed E-state index contributed by atoms with van der Waals surface area (Å²) in [4.78, 5) is 16.2. The van der Waals surface area contributed by atoms with Gasteiger partial charge in [0, 0.05) is 10.8 Å². The molecule has 0 saturated carbocycles. The quantitative estimate of drug-likeness (QED) is 0.879. The highest BCUT2D eigenvalue weighted by atomic mass is 32.1. The van der Waals surface area contributed by atoms with Crippen LogP contribution in [-0.2, 0) is 16.8 Å². The maximum atomic E-state index is 11.7. The van der Waals surface area contributed by atoms with Gasteiger partial charge < -0.3 is 11.1 Å². The smallest absolute Gasteiger partial charge is 0.237 e. The van der Waals surface area contributed by atoms with Crippen LogP contribution in [0.3, 0.4) is 0 Å². The highest BCUT2D eigenvalue weighted by Gasteiger charge is 2.19. The van der Waals surface area contributed by atoms with Crippen LogP contribution in [0.2, 0.25) is 0 Å². The van der Waals surface area contributed by atoms with Crippen LogP contribution >= 0.6 is 11.3 Å². The molecule has 0 saturated heterocycles. The van der Waals surface area contributed by atoms with E-state index in [2.05, 4.69) is 31.1 Å². The van der Waals surface area contributed by atoms with Crippen molar-refractivity contribution in [2.75, 3.05) is 0 Å². The SMILES string of the molecule is CC(C)[C@H](N)C(=O)NCc1nc(C(C)(C)C)cs1. The first-order valence-corrected chi connectivity index (χ1v) is 7.08. The van der Waals surface area contributed by atoms with Gasteiger partial charge in [-0.3, -0.25) is 4.79 Å². The van der Waals surface area contributed by atoms with Crippen molar-refractivity contribution >= 4 is 17.2 Å². The molecule has 0 spiro atoms. The Labute approximate surface area is 113 Å². The van der Waals surface area contributed by atoms with Gasteiger partial charge in [0.15, 0.2) is 0 Å². The van der Waals surface area contributed by atoms with Crippen LogP contribution in [0, 0.1) is 5.92 Å². The van der Waals surface area contributed by atoms with Gasteiger partial charge in [-0.1, -0.05) is 34.6 Å². The van der Waals surface area contributed by atoms with Crippen molar-refractivity contribution in [2.45, 2.75) is 52.6 Å². The normalized spacial score (nSPS) is 13.7. The highest BCUT2D eigenvalue weighted by Crippen LogP contribution is 2.23. The predicted octanol–water partition coefficient (Wildman–Crippen LogP) is 2.04. The van der Waals surface area contributed by atoms with E-state index in [-0.39, 0.29) is 17.2 Å². The summed E-state index contributed by atoms with van der Waals surface area (Å²) in [6.07, 6.45) is 0. The lowest BCUT2D eigenvalue weighted by molar-refractivity contribution is -0.123. The minimum Gasteiger partial charge on any atom is -0.348 e. The molecule has 0 aliphatic carbocycles. The number of nitrogens with two attached hydrogens (primary N) is 1. The van der Waals surface area contributed by atoms with E-state index < -0.39 is 6.04 Å². The van der Waals surface area contributed by atoms with Crippen LogP contribution in [0.25, 0.3) is 0 Å². The van der Waals surface area contributed by atoms with Crippen molar-refractivity contribution in [3.8, 4) is 0 Å². The molecule has 1 heterocycles. The summed E-state index contributed by atoms with van der Waals surface area (Å²) < 4.78 is 0. The van der Waals surface area contributed by atoms with Gasteiger partial charge in [0.1, 0.15) is 5.01 Å². The van der Waals surface area contributed by atoms with E-state index in [1.165, 1.54) is 0 Å². The zero-order valence-electron chi connectivity index (χ0n) is 11.8. The number of carbonyl (C=O) groups is 1. The molecule has 0 aromatic carbocycles. The van der Waals surface area contributed by atoms with Gasteiger partial charge in [-0.15, -0.1) is 11.3 Å². The fourth-order valence-corrected chi connectivity index (χ4v) is 2.28. The molecule has 1 atom stereocenters. The maximum absolute atomic E-state index is 11.7.